The summed E-state index contributed by atoms with van der Waals surface area (Å²) in [6.07, 6.45) is 2.92. The van der Waals surface area contributed by atoms with E-state index in [9.17, 15) is 14.0 Å². The minimum absolute atomic E-state index is 0.185. The number of hydrogen-bond acceptors (Lipinski definition) is 8. The van der Waals surface area contributed by atoms with Crippen LogP contribution in [0.2, 0.25) is 0 Å². The van der Waals surface area contributed by atoms with E-state index in [4.69, 9.17) is 9.37 Å². The molecule has 0 bridgehead atoms. The molecule has 1 N–H and O–H groups in total. The Hall–Kier alpha value is -4.22. The molecule has 11 nitrogen and oxygen atoms in total. The standard InChI is InChI=1S/C24H26FN7O4/c1-14-12-32-13-15(11-17(25)21(32)26-14)27-22(33)16-5-6-18(20-19(16)28-36-29-20)30-7-9-31(10-8-30)23(34)35-24(2,3)4/h5-6,11-13H,7-10H2,1-4H3,(H,27,33). The molecule has 0 unspecified atom stereocenters. The molecule has 0 aliphatic carbocycles. The van der Waals surface area contributed by atoms with Gasteiger partial charge in [0.2, 0.25) is 0 Å². The lowest BCUT2D eigenvalue weighted by Gasteiger charge is -2.36. The van der Waals surface area contributed by atoms with Gasteiger partial charge in [0.25, 0.3) is 5.91 Å². The van der Waals surface area contributed by atoms with Crippen LogP contribution in [-0.4, -0.2) is 68.4 Å². The molecule has 1 aliphatic heterocycles. The maximum absolute atomic E-state index is 14.4. The maximum atomic E-state index is 14.4. The van der Waals surface area contributed by atoms with E-state index in [-0.39, 0.29) is 23.0 Å². The van der Waals surface area contributed by atoms with Crippen molar-refractivity contribution in [2.75, 3.05) is 36.4 Å². The van der Waals surface area contributed by atoms with Crippen molar-refractivity contribution in [3.05, 3.63) is 47.7 Å². The first kappa shape index (κ1) is 23.5. The molecule has 188 valence electrons. The highest BCUT2D eigenvalue weighted by Crippen LogP contribution is 2.29. The monoisotopic (exact) mass is 495 g/mol. The molecule has 1 aliphatic rings. The van der Waals surface area contributed by atoms with E-state index < -0.39 is 17.3 Å². The Bertz CT molecular complexity index is 1460. The van der Waals surface area contributed by atoms with Gasteiger partial charge >= 0.3 is 6.09 Å². The zero-order valence-electron chi connectivity index (χ0n) is 20.4. The number of hydrogen-bond donors (Lipinski definition) is 1. The van der Waals surface area contributed by atoms with Crippen LogP contribution in [0.25, 0.3) is 16.7 Å². The lowest BCUT2D eigenvalue weighted by Crippen LogP contribution is -2.50. The summed E-state index contributed by atoms with van der Waals surface area (Å²) in [4.78, 5) is 33.3. The minimum Gasteiger partial charge on any atom is -0.444 e. The van der Waals surface area contributed by atoms with Gasteiger partial charge in [0.1, 0.15) is 11.1 Å². The summed E-state index contributed by atoms with van der Waals surface area (Å²) in [6.45, 7) is 9.32. The minimum atomic E-state index is -0.557. The number of nitrogens with one attached hydrogen (secondary N) is 1. The molecule has 1 aromatic carbocycles. The van der Waals surface area contributed by atoms with Gasteiger partial charge in [-0.05, 0) is 50.1 Å². The molecule has 36 heavy (non-hydrogen) atoms. The van der Waals surface area contributed by atoms with Crippen molar-refractivity contribution in [1.82, 2.24) is 24.6 Å². The van der Waals surface area contributed by atoms with Crippen LogP contribution in [-0.2, 0) is 4.74 Å². The Labute approximate surface area is 205 Å². The van der Waals surface area contributed by atoms with Gasteiger partial charge in [0.05, 0.1) is 22.6 Å². The average Bonchev–Trinajstić information content (AvgIpc) is 3.44. The highest BCUT2D eigenvalue weighted by molar-refractivity contribution is 6.13. The van der Waals surface area contributed by atoms with Crippen molar-refractivity contribution >= 4 is 40.1 Å². The van der Waals surface area contributed by atoms with Crippen LogP contribution in [0, 0.1) is 12.7 Å². The third kappa shape index (κ3) is 4.53. The predicted molar refractivity (Wildman–Crippen MR) is 130 cm³/mol. The van der Waals surface area contributed by atoms with Gasteiger partial charge in [-0.1, -0.05) is 0 Å². The number of rotatable bonds is 3. The van der Waals surface area contributed by atoms with Gasteiger partial charge in [-0.3, -0.25) is 4.79 Å². The first-order valence-corrected chi connectivity index (χ1v) is 11.5. The van der Waals surface area contributed by atoms with Gasteiger partial charge in [-0.15, -0.1) is 0 Å². The van der Waals surface area contributed by atoms with Crippen molar-refractivity contribution in [1.29, 1.82) is 0 Å². The Morgan fingerprint density at radius 1 is 1.08 bits per heavy atom. The van der Waals surface area contributed by atoms with Gasteiger partial charge in [-0.25, -0.2) is 18.8 Å². The molecule has 0 atom stereocenters. The van der Waals surface area contributed by atoms with Crippen LogP contribution in [0.1, 0.15) is 36.8 Å². The van der Waals surface area contributed by atoms with Crippen molar-refractivity contribution in [3.8, 4) is 0 Å². The third-order valence-corrected chi connectivity index (χ3v) is 5.80. The van der Waals surface area contributed by atoms with E-state index in [2.05, 4.69) is 25.5 Å². The van der Waals surface area contributed by atoms with Crippen LogP contribution in [0.4, 0.5) is 20.6 Å². The van der Waals surface area contributed by atoms with E-state index in [1.807, 2.05) is 20.8 Å². The fraction of sp³-hybridized carbons (Fsp3) is 0.375. The molecular formula is C24H26FN7O4. The third-order valence-electron chi connectivity index (χ3n) is 5.80. The fourth-order valence-corrected chi connectivity index (χ4v) is 4.19. The number of carbonyl (C=O) groups is 2. The van der Waals surface area contributed by atoms with Crippen LogP contribution in [0.15, 0.2) is 35.2 Å². The molecule has 0 spiro atoms. The summed E-state index contributed by atoms with van der Waals surface area (Å²) in [7, 11) is 0. The molecule has 0 saturated carbocycles. The van der Waals surface area contributed by atoms with E-state index in [1.54, 1.807) is 36.4 Å². The van der Waals surface area contributed by atoms with Gasteiger partial charge in [0, 0.05) is 44.6 Å². The number of aryl methyl sites for hydroxylation is 1. The van der Waals surface area contributed by atoms with Crippen molar-refractivity contribution in [3.63, 3.8) is 0 Å². The maximum Gasteiger partial charge on any atom is 0.410 e. The van der Waals surface area contributed by atoms with E-state index >= 15 is 0 Å². The summed E-state index contributed by atoms with van der Waals surface area (Å²) in [5.41, 5.74) is 2.27. The summed E-state index contributed by atoms with van der Waals surface area (Å²) in [6, 6.07) is 4.62. The number of piperazine rings is 1. The first-order valence-electron chi connectivity index (χ1n) is 11.5. The van der Waals surface area contributed by atoms with Crippen molar-refractivity contribution in [2.45, 2.75) is 33.3 Å². The number of ether oxygens (including phenoxy) is 1. The first-order chi connectivity index (χ1) is 17.1. The topological polar surface area (TPSA) is 118 Å². The number of carbonyl (C=O) groups excluding carboxylic acids is 2. The fourth-order valence-electron chi connectivity index (χ4n) is 4.19. The summed E-state index contributed by atoms with van der Waals surface area (Å²) in [5.74, 6) is -1.03. The molecule has 4 heterocycles. The Kier molecular flexibility index (Phi) is 5.73. The van der Waals surface area contributed by atoms with E-state index in [0.29, 0.717) is 42.9 Å². The zero-order chi connectivity index (χ0) is 25.6. The summed E-state index contributed by atoms with van der Waals surface area (Å²) >= 11 is 0. The molecule has 3 aromatic heterocycles. The smallest absolute Gasteiger partial charge is 0.410 e. The van der Waals surface area contributed by atoms with Crippen molar-refractivity contribution < 1.29 is 23.3 Å². The molecule has 0 radical (unpaired) electrons. The number of amides is 2. The van der Waals surface area contributed by atoms with Gasteiger partial charge in [0.15, 0.2) is 17.0 Å². The number of pyridine rings is 1. The Morgan fingerprint density at radius 2 is 1.81 bits per heavy atom. The number of imidazole rings is 1. The summed E-state index contributed by atoms with van der Waals surface area (Å²) in [5, 5.41) is 10.7. The number of aromatic nitrogens is 4. The Balaban J connectivity index is 1.34. The SMILES string of the molecule is Cc1cn2cc(NC(=O)c3ccc(N4CCN(C(=O)OC(C)(C)C)CC4)c4nonc34)cc(F)c2n1. The summed E-state index contributed by atoms with van der Waals surface area (Å²) < 4.78 is 26.4. The highest BCUT2D eigenvalue weighted by atomic mass is 19.1. The largest absolute Gasteiger partial charge is 0.444 e. The second-order valence-corrected chi connectivity index (χ2v) is 9.69. The Morgan fingerprint density at radius 3 is 2.53 bits per heavy atom. The lowest BCUT2D eigenvalue weighted by atomic mass is 10.1. The number of halogens is 1. The number of anilines is 2. The van der Waals surface area contributed by atoms with Crippen LogP contribution in [0.3, 0.4) is 0 Å². The highest BCUT2D eigenvalue weighted by Gasteiger charge is 2.28. The van der Waals surface area contributed by atoms with E-state index in [1.165, 1.54) is 10.5 Å². The zero-order valence-corrected chi connectivity index (χ0v) is 20.4. The van der Waals surface area contributed by atoms with Crippen LogP contribution < -0.4 is 10.2 Å². The second kappa shape index (κ2) is 8.77. The number of benzene rings is 1. The average molecular weight is 496 g/mol. The van der Waals surface area contributed by atoms with Crippen LogP contribution in [0.5, 0.6) is 0 Å². The molecule has 4 aromatic rings. The van der Waals surface area contributed by atoms with Gasteiger partial charge in [-0.2, -0.15) is 0 Å². The molecule has 2 amide bonds. The van der Waals surface area contributed by atoms with Gasteiger partial charge < -0.3 is 24.3 Å². The normalized spacial score (nSPS) is 14.5. The molecule has 1 fully saturated rings. The molecule has 1 saturated heterocycles. The quantitative estimate of drug-likeness (QED) is 0.458. The molecule has 12 heteroatoms. The number of fused-ring (bicyclic) bond motifs is 2. The van der Waals surface area contributed by atoms with Crippen LogP contribution >= 0.6 is 0 Å². The second-order valence-electron chi connectivity index (χ2n) is 9.69. The van der Waals surface area contributed by atoms with E-state index in [0.717, 1.165) is 5.69 Å². The van der Waals surface area contributed by atoms with Crippen molar-refractivity contribution in [2.24, 2.45) is 0 Å². The predicted octanol–water partition coefficient (Wildman–Crippen LogP) is 3.63. The molecule has 5 rings (SSSR count). The number of nitrogens with zero attached hydrogens (tertiary/aromatic N) is 6. The molecular weight excluding hydrogens is 469 g/mol. The lowest BCUT2D eigenvalue weighted by molar-refractivity contribution is 0.0240.